The number of halogens is 1. The minimum Gasteiger partial charge on any atom is -0.462 e. The first-order valence-electron chi connectivity index (χ1n) is 7.99. The molecule has 1 unspecified atom stereocenters. The number of ether oxygens (including phenoxy) is 1. The van der Waals surface area contributed by atoms with Crippen LogP contribution in [0.2, 0.25) is 0 Å². The fraction of sp³-hybridized carbons (Fsp3) is 0.474. The molecule has 1 aromatic carbocycles. The molecule has 0 amide bonds. The third kappa shape index (κ3) is 7.41. The lowest BCUT2D eigenvalue weighted by atomic mass is 9.97. The molecule has 0 saturated heterocycles. The van der Waals surface area contributed by atoms with Gasteiger partial charge in [-0.3, -0.25) is 9.59 Å². The predicted octanol–water partition coefficient (Wildman–Crippen LogP) is 4.31. The van der Waals surface area contributed by atoms with Crippen LogP contribution in [0.15, 0.2) is 40.9 Å². The zero-order chi connectivity index (χ0) is 18.2. The summed E-state index contributed by atoms with van der Waals surface area (Å²) in [5.74, 6) is -0.272. The molecule has 1 rings (SSSR count). The molecular formula is C19H25BrO4. The summed E-state index contributed by atoms with van der Waals surface area (Å²) in [4.78, 5) is 24.3. The molecule has 0 radical (unpaired) electrons. The summed E-state index contributed by atoms with van der Waals surface area (Å²) in [7, 11) is 0. The first-order chi connectivity index (χ1) is 11.2. The van der Waals surface area contributed by atoms with Gasteiger partial charge in [-0.2, -0.15) is 0 Å². The number of carbonyl (C=O) groups is 2. The van der Waals surface area contributed by atoms with E-state index < -0.39 is 5.41 Å². The highest BCUT2D eigenvalue weighted by molar-refractivity contribution is 9.10. The first-order valence-corrected chi connectivity index (χ1v) is 8.79. The van der Waals surface area contributed by atoms with Crippen LogP contribution in [0.5, 0.6) is 0 Å². The van der Waals surface area contributed by atoms with Crippen molar-refractivity contribution < 1.29 is 19.4 Å². The van der Waals surface area contributed by atoms with Crippen molar-refractivity contribution in [3.8, 4) is 0 Å². The van der Waals surface area contributed by atoms with Gasteiger partial charge in [0.2, 0.25) is 0 Å². The molecule has 0 heterocycles. The van der Waals surface area contributed by atoms with Gasteiger partial charge in [-0.05, 0) is 39.3 Å². The quantitative estimate of drug-likeness (QED) is 0.403. The molecule has 0 bridgehead atoms. The highest BCUT2D eigenvalue weighted by atomic mass is 79.9. The molecule has 1 atom stereocenters. The zero-order valence-corrected chi connectivity index (χ0v) is 16.0. The van der Waals surface area contributed by atoms with Crippen LogP contribution in [0, 0.1) is 5.41 Å². The number of Topliss-reactive ketones (excluding diaryl/α,β-unsaturated/α-hetero) is 1. The number of carbonyl (C=O) groups excluding carboxylic acids is 2. The van der Waals surface area contributed by atoms with Crippen LogP contribution < -0.4 is 0 Å². The number of rotatable bonds is 8. The van der Waals surface area contributed by atoms with Gasteiger partial charge in [0.15, 0.2) is 5.78 Å². The molecule has 1 N–H and O–H groups in total. The maximum absolute atomic E-state index is 12.3. The van der Waals surface area contributed by atoms with Crippen LogP contribution >= 0.6 is 15.9 Å². The summed E-state index contributed by atoms with van der Waals surface area (Å²) in [6.45, 7) is 5.33. The topological polar surface area (TPSA) is 63.6 Å². The van der Waals surface area contributed by atoms with E-state index in [0.29, 0.717) is 24.8 Å². The van der Waals surface area contributed by atoms with E-state index in [-0.39, 0.29) is 24.5 Å². The second-order valence-corrected chi connectivity index (χ2v) is 7.55. The molecule has 4 nitrogen and oxygen atoms in total. The Labute approximate surface area is 152 Å². The monoisotopic (exact) mass is 396 g/mol. The fourth-order valence-electron chi connectivity index (χ4n) is 1.95. The Kier molecular flexibility index (Phi) is 8.36. The van der Waals surface area contributed by atoms with E-state index in [9.17, 15) is 9.59 Å². The van der Waals surface area contributed by atoms with Crippen molar-refractivity contribution in [1.29, 1.82) is 0 Å². The third-order valence-corrected chi connectivity index (χ3v) is 3.95. The summed E-state index contributed by atoms with van der Waals surface area (Å²) in [5, 5.41) is 8.83. The lowest BCUT2D eigenvalue weighted by Crippen LogP contribution is -2.28. The van der Waals surface area contributed by atoms with E-state index in [2.05, 4.69) is 15.9 Å². The molecule has 0 spiro atoms. The van der Waals surface area contributed by atoms with E-state index >= 15 is 0 Å². The molecule has 5 heteroatoms. The van der Waals surface area contributed by atoms with Gasteiger partial charge < -0.3 is 9.84 Å². The lowest BCUT2D eigenvalue weighted by Gasteiger charge is -2.22. The second kappa shape index (κ2) is 9.74. The number of benzene rings is 1. The molecule has 0 aliphatic heterocycles. The Morgan fingerprint density at radius 1 is 1.21 bits per heavy atom. The first kappa shape index (κ1) is 20.6. The SMILES string of the molecule is CC(C)(C)C(=O)OC(C/C=C\CO)CCC(=O)c1ccc(Br)cc1. The van der Waals surface area contributed by atoms with Crippen molar-refractivity contribution in [2.45, 2.75) is 46.1 Å². The summed E-state index contributed by atoms with van der Waals surface area (Å²) >= 11 is 3.34. The van der Waals surface area contributed by atoms with Gasteiger partial charge in [0.1, 0.15) is 6.10 Å². The van der Waals surface area contributed by atoms with Gasteiger partial charge in [-0.1, -0.05) is 40.2 Å². The summed E-state index contributed by atoms with van der Waals surface area (Å²) in [5.41, 5.74) is 0.0549. The summed E-state index contributed by atoms with van der Waals surface area (Å²) < 4.78 is 6.46. The fourth-order valence-corrected chi connectivity index (χ4v) is 2.21. The van der Waals surface area contributed by atoms with Crippen molar-refractivity contribution in [3.63, 3.8) is 0 Å². The van der Waals surface area contributed by atoms with E-state index in [1.165, 1.54) is 0 Å². The second-order valence-electron chi connectivity index (χ2n) is 6.64. The van der Waals surface area contributed by atoms with Crippen molar-refractivity contribution in [2.75, 3.05) is 6.61 Å². The number of esters is 1. The highest BCUT2D eigenvalue weighted by Crippen LogP contribution is 2.20. The molecule has 0 aliphatic rings. The van der Waals surface area contributed by atoms with E-state index in [4.69, 9.17) is 9.84 Å². The Morgan fingerprint density at radius 2 is 1.83 bits per heavy atom. The average molecular weight is 397 g/mol. The maximum atomic E-state index is 12.3. The van der Waals surface area contributed by atoms with E-state index in [1.807, 2.05) is 12.1 Å². The van der Waals surface area contributed by atoms with E-state index in [0.717, 1.165) is 4.47 Å². The largest absolute Gasteiger partial charge is 0.462 e. The van der Waals surface area contributed by atoms with Crippen molar-refractivity contribution in [1.82, 2.24) is 0 Å². The average Bonchev–Trinajstić information content (AvgIpc) is 2.52. The standard InChI is InChI=1S/C19H25BrO4/c1-19(2,3)18(23)24-16(6-4-5-13-21)11-12-17(22)14-7-9-15(20)10-8-14/h4-5,7-10,16,21H,6,11-13H2,1-3H3/b5-4-. The van der Waals surface area contributed by atoms with Gasteiger partial charge in [-0.15, -0.1) is 0 Å². The number of aliphatic hydroxyl groups excluding tert-OH is 1. The number of hydrogen-bond donors (Lipinski definition) is 1. The van der Waals surface area contributed by atoms with Gasteiger partial charge >= 0.3 is 5.97 Å². The van der Waals surface area contributed by atoms with Crippen molar-refractivity contribution in [3.05, 3.63) is 46.5 Å². The van der Waals surface area contributed by atoms with Crippen LogP contribution in [-0.2, 0) is 9.53 Å². The lowest BCUT2D eigenvalue weighted by molar-refractivity contribution is -0.158. The van der Waals surface area contributed by atoms with Crippen LogP contribution in [0.1, 0.15) is 50.4 Å². The van der Waals surface area contributed by atoms with Crippen LogP contribution in [0.4, 0.5) is 0 Å². The molecule has 0 aromatic heterocycles. The van der Waals surface area contributed by atoms with Crippen LogP contribution in [0.25, 0.3) is 0 Å². The van der Waals surface area contributed by atoms with Gasteiger partial charge in [-0.25, -0.2) is 0 Å². The van der Waals surface area contributed by atoms with Crippen LogP contribution in [-0.4, -0.2) is 29.6 Å². The van der Waals surface area contributed by atoms with E-state index in [1.54, 1.807) is 45.1 Å². The summed E-state index contributed by atoms with van der Waals surface area (Å²) in [6, 6.07) is 7.20. The third-order valence-electron chi connectivity index (χ3n) is 3.42. The van der Waals surface area contributed by atoms with Crippen molar-refractivity contribution in [2.24, 2.45) is 5.41 Å². The van der Waals surface area contributed by atoms with Crippen molar-refractivity contribution >= 4 is 27.7 Å². The predicted molar refractivity (Wildman–Crippen MR) is 97.9 cm³/mol. The molecule has 0 fully saturated rings. The Balaban J connectivity index is 2.66. The Morgan fingerprint density at radius 3 is 2.38 bits per heavy atom. The minimum absolute atomic E-state index is 0.0189. The normalized spacial score (nSPS) is 13.0. The molecule has 0 aliphatic carbocycles. The highest BCUT2D eigenvalue weighted by Gasteiger charge is 2.26. The number of ketones is 1. The number of hydrogen-bond acceptors (Lipinski definition) is 4. The zero-order valence-electron chi connectivity index (χ0n) is 14.4. The molecule has 24 heavy (non-hydrogen) atoms. The Hall–Kier alpha value is -1.46. The molecule has 1 aromatic rings. The molecular weight excluding hydrogens is 372 g/mol. The minimum atomic E-state index is -0.589. The van der Waals surface area contributed by atoms with Crippen LogP contribution in [0.3, 0.4) is 0 Å². The van der Waals surface area contributed by atoms with Gasteiger partial charge in [0.25, 0.3) is 0 Å². The van der Waals surface area contributed by atoms with Gasteiger partial charge in [0.05, 0.1) is 12.0 Å². The smallest absolute Gasteiger partial charge is 0.311 e. The Bertz CT molecular complexity index is 570. The summed E-state index contributed by atoms with van der Waals surface area (Å²) in [6.07, 6.45) is 4.23. The van der Waals surface area contributed by atoms with Gasteiger partial charge in [0, 0.05) is 22.9 Å². The molecule has 0 saturated carbocycles. The molecule has 132 valence electrons. The number of aliphatic hydroxyl groups is 1. The maximum Gasteiger partial charge on any atom is 0.311 e.